The van der Waals surface area contributed by atoms with Crippen LogP contribution in [0.5, 0.6) is 0 Å². The van der Waals surface area contributed by atoms with Gasteiger partial charge in [0.1, 0.15) is 0 Å². The highest BCUT2D eigenvalue weighted by atomic mass is 79.9. The van der Waals surface area contributed by atoms with Crippen molar-refractivity contribution in [3.05, 3.63) is 61.0 Å². The van der Waals surface area contributed by atoms with Gasteiger partial charge in [-0.05, 0) is 54.9 Å². The SMILES string of the molecule is O=C(NCCCNCc1cc(Br)cc(Br)c1)Nc1ccc(Cl)c(Cl)c1. The van der Waals surface area contributed by atoms with Gasteiger partial charge in [-0.1, -0.05) is 55.1 Å². The molecule has 0 saturated heterocycles. The first-order valence-electron chi connectivity index (χ1n) is 7.59. The van der Waals surface area contributed by atoms with E-state index < -0.39 is 0 Å². The fourth-order valence-corrected chi connectivity index (χ4v) is 3.80. The van der Waals surface area contributed by atoms with Crippen molar-refractivity contribution in [2.75, 3.05) is 18.4 Å². The Bertz CT molecular complexity index is 724. The lowest BCUT2D eigenvalue weighted by Gasteiger charge is -2.09. The lowest BCUT2D eigenvalue weighted by molar-refractivity contribution is 0.252. The number of amides is 2. The van der Waals surface area contributed by atoms with E-state index in [4.69, 9.17) is 23.2 Å². The van der Waals surface area contributed by atoms with E-state index in [0.29, 0.717) is 22.3 Å². The van der Waals surface area contributed by atoms with Crippen molar-refractivity contribution >= 4 is 66.8 Å². The second kappa shape index (κ2) is 10.4. The Morgan fingerprint density at radius 2 is 1.68 bits per heavy atom. The summed E-state index contributed by atoms with van der Waals surface area (Å²) in [5, 5.41) is 9.72. The first-order valence-corrected chi connectivity index (χ1v) is 9.94. The maximum atomic E-state index is 11.8. The Morgan fingerprint density at radius 1 is 0.960 bits per heavy atom. The van der Waals surface area contributed by atoms with Crippen LogP contribution in [0.4, 0.5) is 10.5 Å². The zero-order valence-electron chi connectivity index (χ0n) is 13.2. The predicted molar refractivity (Wildman–Crippen MR) is 112 cm³/mol. The Labute approximate surface area is 173 Å². The zero-order chi connectivity index (χ0) is 18.2. The zero-order valence-corrected chi connectivity index (χ0v) is 17.9. The maximum Gasteiger partial charge on any atom is 0.319 e. The Balaban J connectivity index is 1.62. The third-order valence-electron chi connectivity index (χ3n) is 3.24. The fraction of sp³-hybridized carbons (Fsp3) is 0.235. The van der Waals surface area contributed by atoms with Crippen molar-refractivity contribution in [1.29, 1.82) is 0 Å². The topological polar surface area (TPSA) is 53.2 Å². The van der Waals surface area contributed by atoms with Gasteiger partial charge in [-0.25, -0.2) is 4.79 Å². The van der Waals surface area contributed by atoms with E-state index in [1.807, 2.05) is 6.07 Å². The molecule has 0 spiro atoms. The number of urea groups is 1. The molecule has 0 atom stereocenters. The number of hydrogen-bond acceptors (Lipinski definition) is 2. The van der Waals surface area contributed by atoms with Crippen molar-refractivity contribution in [2.45, 2.75) is 13.0 Å². The molecule has 3 N–H and O–H groups in total. The van der Waals surface area contributed by atoms with Crippen LogP contribution in [0.1, 0.15) is 12.0 Å². The predicted octanol–water partition coefficient (Wildman–Crippen LogP) is 5.82. The molecule has 2 aromatic rings. The van der Waals surface area contributed by atoms with Gasteiger partial charge in [0, 0.05) is 27.7 Å². The number of halogens is 4. The highest BCUT2D eigenvalue weighted by Gasteiger charge is 2.04. The summed E-state index contributed by atoms with van der Waals surface area (Å²) in [5.41, 5.74) is 1.79. The summed E-state index contributed by atoms with van der Waals surface area (Å²) < 4.78 is 2.08. The lowest BCUT2D eigenvalue weighted by Crippen LogP contribution is -2.31. The monoisotopic (exact) mass is 507 g/mol. The highest BCUT2D eigenvalue weighted by Crippen LogP contribution is 2.24. The molecule has 0 unspecified atom stereocenters. The minimum absolute atomic E-state index is 0.269. The average Bonchev–Trinajstić information content (AvgIpc) is 2.53. The van der Waals surface area contributed by atoms with Crippen LogP contribution in [0.25, 0.3) is 0 Å². The van der Waals surface area contributed by atoms with Gasteiger partial charge in [0.05, 0.1) is 10.0 Å². The number of benzene rings is 2. The molecule has 0 heterocycles. The molecule has 0 saturated carbocycles. The molecule has 0 aromatic heterocycles. The van der Waals surface area contributed by atoms with E-state index in [0.717, 1.165) is 28.5 Å². The van der Waals surface area contributed by atoms with Gasteiger partial charge < -0.3 is 16.0 Å². The summed E-state index contributed by atoms with van der Waals surface area (Å²) >= 11 is 18.7. The van der Waals surface area contributed by atoms with Crippen LogP contribution in [-0.4, -0.2) is 19.1 Å². The summed E-state index contributed by atoms with van der Waals surface area (Å²) in [7, 11) is 0. The maximum absolute atomic E-state index is 11.8. The van der Waals surface area contributed by atoms with Gasteiger partial charge in [0.25, 0.3) is 0 Å². The van der Waals surface area contributed by atoms with Crippen LogP contribution in [0.3, 0.4) is 0 Å². The second-order valence-electron chi connectivity index (χ2n) is 5.32. The number of carbonyl (C=O) groups excluding carboxylic acids is 1. The molecule has 2 aromatic carbocycles. The quantitative estimate of drug-likeness (QED) is 0.412. The van der Waals surface area contributed by atoms with Crippen LogP contribution in [0.2, 0.25) is 10.0 Å². The molecule has 25 heavy (non-hydrogen) atoms. The molecule has 4 nitrogen and oxygen atoms in total. The Kier molecular flexibility index (Phi) is 8.52. The van der Waals surface area contributed by atoms with Gasteiger partial charge in [-0.15, -0.1) is 0 Å². The molecule has 0 radical (unpaired) electrons. The molecule has 0 aliphatic rings. The van der Waals surface area contributed by atoms with E-state index in [1.165, 1.54) is 5.56 Å². The minimum Gasteiger partial charge on any atom is -0.338 e. The molecule has 0 aliphatic heterocycles. The van der Waals surface area contributed by atoms with Crippen LogP contribution >= 0.6 is 55.1 Å². The number of rotatable bonds is 7. The van der Waals surface area contributed by atoms with Crippen LogP contribution in [0, 0.1) is 0 Å². The Morgan fingerprint density at radius 3 is 2.36 bits per heavy atom. The van der Waals surface area contributed by atoms with E-state index in [9.17, 15) is 4.79 Å². The summed E-state index contributed by atoms with van der Waals surface area (Å²) in [6, 6.07) is 10.8. The van der Waals surface area contributed by atoms with Crippen molar-refractivity contribution in [2.24, 2.45) is 0 Å². The normalized spacial score (nSPS) is 10.6. The summed E-state index contributed by atoms with van der Waals surface area (Å²) in [5.74, 6) is 0. The van der Waals surface area contributed by atoms with Crippen LogP contribution in [0.15, 0.2) is 45.3 Å². The smallest absolute Gasteiger partial charge is 0.319 e. The van der Waals surface area contributed by atoms with Crippen molar-refractivity contribution in [1.82, 2.24) is 10.6 Å². The lowest BCUT2D eigenvalue weighted by atomic mass is 10.2. The minimum atomic E-state index is -0.269. The molecule has 134 valence electrons. The second-order valence-corrected chi connectivity index (χ2v) is 7.96. The molecular formula is C17H17Br2Cl2N3O. The largest absolute Gasteiger partial charge is 0.338 e. The molecule has 8 heteroatoms. The summed E-state index contributed by atoms with van der Waals surface area (Å²) in [6.45, 7) is 2.15. The van der Waals surface area contributed by atoms with Crippen LogP contribution in [-0.2, 0) is 6.54 Å². The average molecular weight is 510 g/mol. The number of anilines is 1. The van der Waals surface area contributed by atoms with Crippen molar-refractivity contribution in [3.63, 3.8) is 0 Å². The van der Waals surface area contributed by atoms with E-state index in [1.54, 1.807) is 18.2 Å². The molecule has 0 bridgehead atoms. The molecule has 2 rings (SSSR count). The Hall–Kier alpha value is -0.790. The molecule has 0 aliphatic carbocycles. The van der Waals surface area contributed by atoms with Gasteiger partial charge in [-0.3, -0.25) is 0 Å². The van der Waals surface area contributed by atoms with Gasteiger partial charge in [-0.2, -0.15) is 0 Å². The molecular weight excluding hydrogens is 493 g/mol. The number of carbonyl (C=O) groups is 1. The molecule has 2 amide bonds. The van der Waals surface area contributed by atoms with E-state index in [-0.39, 0.29) is 6.03 Å². The van der Waals surface area contributed by atoms with Gasteiger partial charge in [0.15, 0.2) is 0 Å². The van der Waals surface area contributed by atoms with E-state index >= 15 is 0 Å². The fourth-order valence-electron chi connectivity index (χ4n) is 2.11. The van der Waals surface area contributed by atoms with Crippen LogP contribution < -0.4 is 16.0 Å². The van der Waals surface area contributed by atoms with Gasteiger partial charge in [0.2, 0.25) is 0 Å². The first-order chi connectivity index (χ1) is 11.9. The standard InChI is InChI=1S/C17H17Br2Cl2N3O/c18-12-6-11(7-13(19)8-12)10-22-4-1-5-23-17(25)24-14-2-3-15(20)16(21)9-14/h2-3,6-9,22H,1,4-5,10H2,(H2,23,24,25). The number of hydrogen-bond donors (Lipinski definition) is 3. The van der Waals surface area contributed by atoms with Crippen molar-refractivity contribution < 1.29 is 4.79 Å². The summed E-state index contributed by atoms with van der Waals surface area (Å²) in [4.78, 5) is 11.8. The number of nitrogens with one attached hydrogen (secondary N) is 3. The van der Waals surface area contributed by atoms with Gasteiger partial charge >= 0.3 is 6.03 Å². The highest BCUT2D eigenvalue weighted by molar-refractivity contribution is 9.11. The summed E-state index contributed by atoms with van der Waals surface area (Å²) in [6.07, 6.45) is 0.823. The first kappa shape index (κ1) is 20.5. The third kappa shape index (κ3) is 7.54. The van der Waals surface area contributed by atoms with E-state index in [2.05, 4.69) is 59.9 Å². The van der Waals surface area contributed by atoms with Crippen molar-refractivity contribution in [3.8, 4) is 0 Å². The third-order valence-corrected chi connectivity index (χ3v) is 4.90. The molecule has 0 fully saturated rings.